The maximum atomic E-state index is 13.8. The first-order chi connectivity index (χ1) is 9.81. The fraction of sp³-hybridized carbons (Fsp3) is 0.625. The molecule has 21 heavy (non-hydrogen) atoms. The first-order valence-corrected chi connectivity index (χ1v) is 7.15. The van der Waals surface area contributed by atoms with Crippen LogP contribution in [0.25, 0.3) is 0 Å². The maximum Gasteiger partial charge on any atom is 0.252 e. The molecule has 0 heterocycles. The van der Waals surface area contributed by atoms with Gasteiger partial charge in [-0.25, -0.2) is 8.78 Å². The summed E-state index contributed by atoms with van der Waals surface area (Å²) in [4.78, 5) is 23.2. The zero-order chi connectivity index (χ0) is 15.7. The fourth-order valence-electron chi connectivity index (χ4n) is 3.20. The summed E-state index contributed by atoms with van der Waals surface area (Å²) in [7, 11) is 0. The van der Waals surface area contributed by atoms with Gasteiger partial charge in [-0.05, 0) is 37.7 Å². The van der Waals surface area contributed by atoms with Crippen LogP contribution in [0, 0.1) is 17.8 Å². The molecular weight excluding hydrogens is 276 g/mol. The lowest BCUT2D eigenvalue weighted by molar-refractivity contribution is -0.129. The minimum Gasteiger partial charge on any atom is -0.380 e. The van der Waals surface area contributed by atoms with Crippen molar-refractivity contribution in [3.05, 3.63) is 11.3 Å². The van der Waals surface area contributed by atoms with E-state index in [9.17, 15) is 18.4 Å². The zero-order valence-corrected chi connectivity index (χ0v) is 12.1. The molecule has 0 aromatic heterocycles. The second-order valence-corrected chi connectivity index (χ2v) is 5.90. The van der Waals surface area contributed by atoms with Crippen molar-refractivity contribution in [2.45, 2.75) is 51.4 Å². The summed E-state index contributed by atoms with van der Waals surface area (Å²) in [5.41, 5.74) is 0.340. The number of carbonyl (C=O) groups is 2. The van der Waals surface area contributed by atoms with Gasteiger partial charge < -0.3 is 5.32 Å². The van der Waals surface area contributed by atoms with E-state index in [0.29, 0.717) is 24.1 Å². The maximum absolute atomic E-state index is 13.8. The van der Waals surface area contributed by atoms with Crippen LogP contribution in [0.5, 0.6) is 0 Å². The molecule has 3 nitrogen and oxygen atoms in total. The van der Waals surface area contributed by atoms with Gasteiger partial charge in [-0.1, -0.05) is 6.42 Å². The minimum atomic E-state index is -2.78. The number of alkyl halides is 2. The third-order valence-electron chi connectivity index (χ3n) is 4.62. The molecule has 0 aromatic carbocycles. The quantitative estimate of drug-likeness (QED) is 0.626. The Hall–Kier alpha value is -1.70. The summed E-state index contributed by atoms with van der Waals surface area (Å²) in [6.45, 7) is 1.39. The van der Waals surface area contributed by atoms with Gasteiger partial charge in [-0.15, -0.1) is 6.42 Å². The average Bonchev–Trinajstić information content (AvgIpc) is 2.34. The van der Waals surface area contributed by atoms with E-state index in [1.54, 1.807) is 0 Å². The molecular formula is C16H19F2NO2. The second-order valence-electron chi connectivity index (χ2n) is 5.90. The molecule has 0 saturated heterocycles. The normalized spacial score (nSPS) is 23.0. The lowest BCUT2D eigenvalue weighted by atomic mass is 9.59. The monoisotopic (exact) mass is 295 g/mol. The van der Waals surface area contributed by atoms with Crippen molar-refractivity contribution >= 4 is 11.6 Å². The summed E-state index contributed by atoms with van der Waals surface area (Å²) in [5.74, 6) is -1.29. The van der Waals surface area contributed by atoms with Crippen LogP contribution in [0.1, 0.15) is 45.4 Å². The van der Waals surface area contributed by atoms with Gasteiger partial charge in [0.25, 0.3) is 5.92 Å². The average molecular weight is 295 g/mol. The Labute approximate surface area is 123 Å². The Kier molecular flexibility index (Phi) is 4.18. The summed E-state index contributed by atoms with van der Waals surface area (Å²) in [6.07, 6.45) is 6.58. The standard InChI is InChI=1S/C16H19F2NO2/c1-3-12(21)10-19-14-5-8-16(17,18)9-13(14)15(11(2)20)6-4-7-15/h1,19H,4-10H2,2H3. The SMILES string of the molecule is C#CC(=O)CNC1=C(C2(C(C)=O)CCC2)CC(F)(F)CC1. The first-order valence-electron chi connectivity index (χ1n) is 7.15. The third kappa shape index (κ3) is 2.99. The van der Waals surface area contributed by atoms with E-state index < -0.39 is 23.5 Å². The molecule has 2 rings (SSSR count). The van der Waals surface area contributed by atoms with E-state index in [0.717, 1.165) is 6.42 Å². The molecule has 0 unspecified atom stereocenters. The van der Waals surface area contributed by atoms with Crippen LogP contribution in [-0.4, -0.2) is 24.0 Å². The largest absolute Gasteiger partial charge is 0.380 e. The number of ketones is 2. The summed E-state index contributed by atoms with van der Waals surface area (Å²) in [6, 6.07) is 0. The highest BCUT2D eigenvalue weighted by Crippen LogP contribution is 2.54. The molecule has 0 aliphatic heterocycles. The number of halogens is 2. The lowest BCUT2D eigenvalue weighted by Gasteiger charge is -2.45. The van der Waals surface area contributed by atoms with Gasteiger partial charge in [0.1, 0.15) is 5.78 Å². The number of rotatable bonds is 5. The third-order valence-corrected chi connectivity index (χ3v) is 4.62. The van der Waals surface area contributed by atoms with Crippen molar-refractivity contribution in [3.63, 3.8) is 0 Å². The molecule has 0 bridgehead atoms. The molecule has 0 radical (unpaired) electrons. The van der Waals surface area contributed by atoms with Crippen molar-refractivity contribution in [1.29, 1.82) is 0 Å². The number of hydrogen-bond donors (Lipinski definition) is 1. The van der Waals surface area contributed by atoms with Crippen molar-refractivity contribution in [1.82, 2.24) is 5.32 Å². The zero-order valence-electron chi connectivity index (χ0n) is 12.1. The number of hydrogen-bond acceptors (Lipinski definition) is 3. The Morgan fingerprint density at radius 2 is 2.00 bits per heavy atom. The highest BCUT2D eigenvalue weighted by Gasteiger charge is 2.50. The van der Waals surface area contributed by atoms with E-state index in [2.05, 4.69) is 5.32 Å². The van der Waals surface area contributed by atoms with Crippen LogP contribution in [0.3, 0.4) is 0 Å². The van der Waals surface area contributed by atoms with Gasteiger partial charge in [-0.3, -0.25) is 9.59 Å². The van der Waals surface area contributed by atoms with Gasteiger partial charge in [0, 0.05) is 18.5 Å². The fourth-order valence-corrected chi connectivity index (χ4v) is 3.20. The molecule has 2 aliphatic rings. The topological polar surface area (TPSA) is 46.2 Å². The van der Waals surface area contributed by atoms with Crippen LogP contribution >= 0.6 is 0 Å². The van der Waals surface area contributed by atoms with Crippen molar-refractivity contribution in [3.8, 4) is 12.3 Å². The molecule has 0 spiro atoms. The summed E-state index contributed by atoms with van der Waals surface area (Å²) < 4.78 is 27.5. The molecule has 0 atom stereocenters. The Balaban J connectivity index is 2.31. The summed E-state index contributed by atoms with van der Waals surface area (Å²) in [5, 5.41) is 2.89. The lowest BCUT2D eigenvalue weighted by Crippen LogP contribution is -2.44. The molecule has 2 aliphatic carbocycles. The van der Waals surface area contributed by atoms with Gasteiger partial charge in [-0.2, -0.15) is 0 Å². The van der Waals surface area contributed by atoms with Crippen molar-refractivity contribution < 1.29 is 18.4 Å². The van der Waals surface area contributed by atoms with E-state index in [1.165, 1.54) is 6.92 Å². The molecule has 5 heteroatoms. The van der Waals surface area contributed by atoms with E-state index in [1.807, 2.05) is 5.92 Å². The minimum absolute atomic E-state index is 0.0657. The van der Waals surface area contributed by atoms with Crippen LogP contribution in [-0.2, 0) is 9.59 Å². The number of nitrogens with one attached hydrogen (secondary N) is 1. The molecule has 1 saturated carbocycles. The number of terminal acetylenes is 1. The number of allylic oxidation sites excluding steroid dienone is 2. The van der Waals surface area contributed by atoms with Crippen LogP contribution in [0.4, 0.5) is 8.78 Å². The first kappa shape index (κ1) is 15.7. The summed E-state index contributed by atoms with van der Waals surface area (Å²) >= 11 is 0. The molecule has 0 aromatic rings. The van der Waals surface area contributed by atoms with Gasteiger partial charge in [0.05, 0.1) is 12.0 Å². The van der Waals surface area contributed by atoms with Crippen molar-refractivity contribution in [2.24, 2.45) is 5.41 Å². The second kappa shape index (κ2) is 5.59. The number of Topliss-reactive ketones (excluding diaryl/α,β-unsaturated/α-hetero) is 2. The smallest absolute Gasteiger partial charge is 0.252 e. The Morgan fingerprint density at radius 1 is 1.33 bits per heavy atom. The van der Waals surface area contributed by atoms with Gasteiger partial charge >= 0.3 is 0 Å². The molecule has 0 amide bonds. The van der Waals surface area contributed by atoms with Crippen LogP contribution < -0.4 is 5.32 Å². The Morgan fingerprint density at radius 3 is 2.48 bits per heavy atom. The predicted octanol–water partition coefficient (Wildman–Crippen LogP) is 2.61. The number of carbonyl (C=O) groups excluding carboxylic acids is 2. The highest BCUT2D eigenvalue weighted by molar-refractivity contribution is 5.96. The highest BCUT2D eigenvalue weighted by atomic mass is 19.3. The predicted molar refractivity (Wildman–Crippen MR) is 74.6 cm³/mol. The van der Waals surface area contributed by atoms with Crippen LogP contribution in [0.2, 0.25) is 0 Å². The molecule has 1 fully saturated rings. The van der Waals surface area contributed by atoms with E-state index >= 15 is 0 Å². The molecule has 1 N–H and O–H groups in total. The van der Waals surface area contributed by atoms with E-state index in [-0.39, 0.29) is 25.2 Å². The Bertz CT molecular complexity index is 539. The van der Waals surface area contributed by atoms with E-state index in [4.69, 9.17) is 6.42 Å². The van der Waals surface area contributed by atoms with Crippen LogP contribution in [0.15, 0.2) is 11.3 Å². The van der Waals surface area contributed by atoms with Crippen molar-refractivity contribution in [2.75, 3.05) is 6.54 Å². The van der Waals surface area contributed by atoms with Gasteiger partial charge in [0.15, 0.2) is 0 Å². The molecule has 114 valence electrons. The van der Waals surface area contributed by atoms with Gasteiger partial charge in [0.2, 0.25) is 5.78 Å².